The lowest BCUT2D eigenvalue weighted by Gasteiger charge is -2.10. The maximum atomic E-state index is 11.8. The fraction of sp³-hybridized carbons (Fsp3) is 0.133. The summed E-state index contributed by atoms with van der Waals surface area (Å²) in [5.74, 6) is 0.381. The Morgan fingerprint density at radius 2 is 2.10 bits per heavy atom. The molecular formula is C15H15BrN2O2. The molecule has 0 heterocycles. The smallest absolute Gasteiger partial charge is 0.262 e. The van der Waals surface area contributed by atoms with Gasteiger partial charge in [-0.05, 0) is 42.8 Å². The Bertz CT molecular complexity index is 629. The summed E-state index contributed by atoms with van der Waals surface area (Å²) in [5.41, 5.74) is 8.02. The normalized spacial score (nSPS) is 10.1. The van der Waals surface area contributed by atoms with Gasteiger partial charge in [-0.25, -0.2) is 0 Å². The van der Waals surface area contributed by atoms with Crippen molar-refractivity contribution in [3.05, 3.63) is 52.5 Å². The van der Waals surface area contributed by atoms with Crippen molar-refractivity contribution < 1.29 is 9.53 Å². The van der Waals surface area contributed by atoms with Gasteiger partial charge in [0.15, 0.2) is 6.61 Å². The minimum absolute atomic E-state index is 0.0657. The molecule has 0 aromatic heterocycles. The van der Waals surface area contributed by atoms with Gasteiger partial charge in [-0.15, -0.1) is 0 Å². The van der Waals surface area contributed by atoms with Crippen molar-refractivity contribution in [1.82, 2.24) is 0 Å². The first-order valence-corrected chi connectivity index (χ1v) is 6.88. The van der Waals surface area contributed by atoms with Crippen LogP contribution in [0.15, 0.2) is 46.9 Å². The van der Waals surface area contributed by atoms with Gasteiger partial charge in [0, 0.05) is 4.47 Å². The number of nitrogens with one attached hydrogen (secondary N) is 1. The van der Waals surface area contributed by atoms with Gasteiger partial charge < -0.3 is 15.8 Å². The Balaban J connectivity index is 1.92. The summed E-state index contributed by atoms with van der Waals surface area (Å²) < 4.78 is 6.30. The topological polar surface area (TPSA) is 64.3 Å². The number of anilines is 2. The van der Waals surface area contributed by atoms with Gasteiger partial charge in [-0.2, -0.15) is 0 Å². The predicted molar refractivity (Wildman–Crippen MR) is 83.9 cm³/mol. The van der Waals surface area contributed by atoms with Gasteiger partial charge in [0.2, 0.25) is 0 Å². The van der Waals surface area contributed by atoms with Gasteiger partial charge >= 0.3 is 0 Å². The number of nitrogens with two attached hydrogens (primary N) is 1. The molecule has 2 aromatic rings. The lowest BCUT2D eigenvalue weighted by Crippen LogP contribution is -2.20. The van der Waals surface area contributed by atoms with Gasteiger partial charge in [-0.1, -0.05) is 28.1 Å². The number of ether oxygens (including phenoxy) is 1. The Morgan fingerprint density at radius 1 is 1.30 bits per heavy atom. The maximum absolute atomic E-state index is 11.8. The third kappa shape index (κ3) is 3.99. The molecule has 0 aliphatic heterocycles. The zero-order chi connectivity index (χ0) is 14.5. The van der Waals surface area contributed by atoms with Crippen LogP contribution in [0.3, 0.4) is 0 Å². The molecule has 1 amide bonds. The number of aryl methyl sites for hydroxylation is 1. The van der Waals surface area contributed by atoms with Crippen molar-refractivity contribution in [2.45, 2.75) is 6.92 Å². The molecule has 5 heteroatoms. The van der Waals surface area contributed by atoms with E-state index in [1.807, 2.05) is 31.2 Å². The van der Waals surface area contributed by atoms with Crippen molar-refractivity contribution in [3.63, 3.8) is 0 Å². The molecular weight excluding hydrogens is 320 g/mol. The van der Waals surface area contributed by atoms with E-state index in [1.165, 1.54) is 0 Å². The summed E-state index contributed by atoms with van der Waals surface area (Å²) in [4.78, 5) is 11.8. The fourth-order valence-corrected chi connectivity index (χ4v) is 2.07. The lowest BCUT2D eigenvalue weighted by molar-refractivity contribution is -0.118. The maximum Gasteiger partial charge on any atom is 0.262 e. The predicted octanol–water partition coefficient (Wildman–Crippen LogP) is 3.36. The van der Waals surface area contributed by atoms with Gasteiger partial charge in [0.25, 0.3) is 5.91 Å². The van der Waals surface area contributed by atoms with E-state index in [0.717, 1.165) is 10.0 Å². The van der Waals surface area contributed by atoms with E-state index in [0.29, 0.717) is 17.1 Å². The van der Waals surface area contributed by atoms with Gasteiger partial charge in [-0.3, -0.25) is 4.79 Å². The van der Waals surface area contributed by atoms with Crippen LogP contribution in [-0.4, -0.2) is 12.5 Å². The minimum atomic E-state index is -0.250. The van der Waals surface area contributed by atoms with Crippen LogP contribution < -0.4 is 15.8 Å². The Labute approximate surface area is 126 Å². The summed E-state index contributed by atoms with van der Waals surface area (Å²) in [6.07, 6.45) is 0. The van der Waals surface area contributed by atoms with Crippen molar-refractivity contribution in [2.75, 3.05) is 17.7 Å². The van der Waals surface area contributed by atoms with Gasteiger partial charge in [0.1, 0.15) is 5.75 Å². The first-order chi connectivity index (χ1) is 9.54. The summed E-state index contributed by atoms with van der Waals surface area (Å²) in [5, 5.41) is 2.72. The number of halogens is 1. The molecule has 2 rings (SSSR count). The molecule has 0 bridgehead atoms. The van der Waals surface area contributed by atoms with Gasteiger partial charge in [0.05, 0.1) is 11.4 Å². The number of hydrogen-bond acceptors (Lipinski definition) is 3. The highest BCUT2D eigenvalue weighted by molar-refractivity contribution is 9.10. The molecule has 20 heavy (non-hydrogen) atoms. The molecule has 4 nitrogen and oxygen atoms in total. The van der Waals surface area contributed by atoms with E-state index in [-0.39, 0.29) is 12.5 Å². The molecule has 0 saturated heterocycles. The summed E-state index contributed by atoms with van der Waals surface area (Å²) in [7, 11) is 0. The van der Waals surface area contributed by atoms with Crippen LogP contribution in [0, 0.1) is 6.92 Å². The zero-order valence-corrected chi connectivity index (χ0v) is 12.6. The number of carbonyl (C=O) groups is 1. The van der Waals surface area contributed by atoms with Crippen molar-refractivity contribution in [1.29, 1.82) is 0 Å². The van der Waals surface area contributed by atoms with E-state index in [4.69, 9.17) is 10.5 Å². The quantitative estimate of drug-likeness (QED) is 0.842. The molecule has 0 fully saturated rings. The van der Waals surface area contributed by atoms with Crippen LogP contribution in [0.5, 0.6) is 5.75 Å². The number of benzene rings is 2. The average molecular weight is 335 g/mol. The minimum Gasteiger partial charge on any atom is -0.484 e. The van der Waals surface area contributed by atoms with Crippen molar-refractivity contribution in [3.8, 4) is 5.75 Å². The molecule has 0 aliphatic rings. The van der Waals surface area contributed by atoms with Crippen molar-refractivity contribution in [2.24, 2.45) is 0 Å². The van der Waals surface area contributed by atoms with E-state index < -0.39 is 0 Å². The average Bonchev–Trinajstić information content (AvgIpc) is 2.40. The summed E-state index contributed by atoms with van der Waals surface area (Å²) in [6, 6.07) is 12.8. The molecule has 0 atom stereocenters. The lowest BCUT2D eigenvalue weighted by atomic mass is 10.2. The SMILES string of the molecule is Cc1ccc(NC(=O)COc2cccc(Br)c2)c(N)c1. The van der Waals surface area contributed by atoms with Crippen LogP contribution in [0.4, 0.5) is 11.4 Å². The van der Waals surface area contributed by atoms with E-state index >= 15 is 0 Å². The molecule has 3 N–H and O–H groups in total. The highest BCUT2D eigenvalue weighted by Gasteiger charge is 2.06. The first-order valence-electron chi connectivity index (χ1n) is 6.09. The first kappa shape index (κ1) is 14.4. The Kier molecular flexibility index (Phi) is 4.63. The molecule has 0 unspecified atom stereocenters. The zero-order valence-electron chi connectivity index (χ0n) is 11.0. The second kappa shape index (κ2) is 6.43. The number of hydrogen-bond donors (Lipinski definition) is 2. The molecule has 0 spiro atoms. The molecule has 0 saturated carbocycles. The Hall–Kier alpha value is -2.01. The second-order valence-corrected chi connectivity index (χ2v) is 5.30. The van der Waals surface area contributed by atoms with Crippen LogP contribution in [0.1, 0.15) is 5.56 Å². The van der Waals surface area contributed by atoms with Crippen molar-refractivity contribution >= 4 is 33.2 Å². The highest BCUT2D eigenvalue weighted by Crippen LogP contribution is 2.20. The highest BCUT2D eigenvalue weighted by atomic mass is 79.9. The van der Waals surface area contributed by atoms with E-state index in [2.05, 4.69) is 21.2 Å². The van der Waals surface area contributed by atoms with E-state index in [9.17, 15) is 4.79 Å². The van der Waals surface area contributed by atoms with Crippen LogP contribution in [0.25, 0.3) is 0 Å². The molecule has 0 radical (unpaired) electrons. The number of carbonyl (C=O) groups excluding carboxylic acids is 1. The summed E-state index contributed by atoms with van der Waals surface area (Å²) >= 11 is 3.34. The van der Waals surface area contributed by atoms with Crippen LogP contribution in [0.2, 0.25) is 0 Å². The summed E-state index contributed by atoms with van der Waals surface area (Å²) in [6.45, 7) is 1.88. The number of nitrogen functional groups attached to an aromatic ring is 1. The van der Waals surface area contributed by atoms with E-state index in [1.54, 1.807) is 18.2 Å². The molecule has 0 aliphatic carbocycles. The monoisotopic (exact) mass is 334 g/mol. The fourth-order valence-electron chi connectivity index (χ4n) is 1.69. The van der Waals surface area contributed by atoms with Crippen LogP contribution >= 0.6 is 15.9 Å². The number of amides is 1. The largest absolute Gasteiger partial charge is 0.484 e. The Morgan fingerprint density at radius 3 is 2.80 bits per heavy atom. The molecule has 2 aromatic carbocycles. The second-order valence-electron chi connectivity index (χ2n) is 4.38. The third-order valence-electron chi connectivity index (χ3n) is 2.65. The molecule has 104 valence electrons. The number of rotatable bonds is 4. The standard InChI is InChI=1S/C15H15BrN2O2/c1-10-5-6-14(13(17)7-10)18-15(19)9-20-12-4-2-3-11(16)8-12/h2-8H,9,17H2,1H3,(H,18,19). The third-order valence-corrected chi connectivity index (χ3v) is 3.14. The van der Waals surface area contributed by atoms with Crippen LogP contribution in [-0.2, 0) is 4.79 Å².